The van der Waals surface area contributed by atoms with Gasteiger partial charge >= 0.3 is 5.97 Å². The maximum absolute atomic E-state index is 11.8. The van der Waals surface area contributed by atoms with Gasteiger partial charge in [-0.1, -0.05) is 18.2 Å². The van der Waals surface area contributed by atoms with Crippen molar-refractivity contribution in [2.45, 2.75) is 13.5 Å². The lowest BCUT2D eigenvalue weighted by Gasteiger charge is -2.05. The molecule has 1 N–H and O–H groups in total. The Hall–Kier alpha value is -3.52. The molecule has 0 fully saturated rings. The molecule has 0 saturated carbocycles. The van der Waals surface area contributed by atoms with Crippen LogP contribution >= 0.6 is 11.3 Å². The van der Waals surface area contributed by atoms with Gasteiger partial charge in [0.15, 0.2) is 11.7 Å². The fourth-order valence-electron chi connectivity index (χ4n) is 2.23. The van der Waals surface area contributed by atoms with E-state index in [1.165, 1.54) is 17.4 Å². The number of ether oxygens (including phenoxy) is 2. The summed E-state index contributed by atoms with van der Waals surface area (Å²) >= 11 is 1.31. The lowest BCUT2D eigenvalue weighted by atomic mass is 10.2. The maximum Gasteiger partial charge on any atom is 0.331 e. The first-order valence-corrected chi connectivity index (χ1v) is 9.66. The number of hydrogen-bond acceptors (Lipinski definition) is 7. The third kappa shape index (κ3) is 6.86. The molecule has 2 heterocycles. The molecule has 0 aliphatic carbocycles. The van der Waals surface area contributed by atoms with E-state index in [2.05, 4.69) is 15.3 Å². The minimum Gasteiger partial charge on any atom is -0.487 e. The van der Waals surface area contributed by atoms with Gasteiger partial charge in [-0.3, -0.25) is 15.1 Å². The number of hydrogen-bond donors (Lipinski definition) is 1. The monoisotopic (exact) mass is 409 g/mol. The van der Waals surface area contributed by atoms with E-state index >= 15 is 0 Å². The maximum atomic E-state index is 11.8. The van der Waals surface area contributed by atoms with Crippen LogP contribution in [0.25, 0.3) is 6.08 Å². The molecule has 0 spiro atoms. The first-order valence-electron chi connectivity index (χ1n) is 8.78. The Balaban J connectivity index is 1.41. The van der Waals surface area contributed by atoms with E-state index in [0.29, 0.717) is 17.5 Å². The van der Waals surface area contributed by atoms with Gasteiger partial charge in [-0.05, 0) is 42.8 Å². The molecule has 7 nitrogen and oxygen atoms in total. The van der Waals surface area contributed by atoms with Crippen molar-refractivity contribution in [3.8, 4) is 5.75 Å². The van der Waals surface area contributed by atoms with Crippen molar-refractivity contribution in [1.82, 2.24) is 9.97 Å². The number of nitrogens with one attached hydrogen (secondary N) is 1. The molecule has 0 aliphatic rings. The molecular formula is C21H19N3O4S. The third-order valence-electron chi connectivity index (χ3n) is 3.62. The van der Waals surface area contributed by atoms with Crippen molar-refractivity contribution in [3.63, 3.8) is 0 Å². The van der Waals surface area contributed by atoms with E-state index in [0.717, 1.165) is 17.0 Å². The normalized spacial score (nSPS) is 10.7. The van der Waals surface area contributed by atoms with Crippen LogP contribution in [-0.4, -0.2) is 28.5 Å². The van der Waals surface area contributed by atoms with Crippen LogP contribution < -0.4 is 10.1 Å². The minimum atomic E-state index is -0.606. The van der Waals surface area contributed by atoms with Gasteiger partial charge in [-0.2, -0.15) is 0 Å². The summed E-state index contributed by atoms with van der Waals surface area (Å²) in [5.41, 5.74) is 2.46. The first kappa shape index (κ1) is 20.2. The summed E-state index contributed by atoms with van der Waals surface area (Å²) in [6.45, 7) is 1.84. The Morgan fingerprint density at radius 2 is 2.00 bits per heavy atom. The van der Waals surface area contributed by atoms with Gasteiger partial charge in [0.2, 0.25) is 0 Å². The van der Waals surface area contributed by atoms with E-state index in [1.807, 2.05) is 42.6 Å². The van der Waals surface area contributed by atoms with Crippen LogP contribution in [0.15, 0.2) is 60.1 Å². The Bertz CT molecular complexity index is 985. The molecule has 1 aromatic carbocycles. The number of anilines is 1. The Labute approximate surface area is 172 Å². The van der Waals surface area contributed by atoms with Gasteiger partial charge in [0, 0.05) is 17.7 Å². The van der Waals surface area contributed by atoms with Crippen LogP contribution in [0.1, 0.15) is 17.0 Å². The topological polar surface area (TPSA) is 90.4 Å². The average molecular weight is 409 g/mol. The summed E-state index contributed by atoms with van der Waals surface area (Å²) in [6.07, 6.45) is 4.59. The van der Waals surface area contributed by atoms with Gasteiger partial charge in [-0.25, -0.2) is 9.78 Å². The smallest absolute Gasteiger partial charge is 0.331 e. The molecule has 8 heteroatoms. The highest BCUT2D eigenvalue weighted by atomic mass is 32.1. The number of amides is 1. The van der Waals surface area contributed by atoms with Crippen molar-refractivity contribution in [1.29, 1.82) is 0 Å². The molecule has 29 heavy (non-hydrogen) atoms. The highest BCUT2D eigenvalue weighted by Gasteiger charge is 2.07. The number of nitrogens with zero attached hydrogens (tertiary/aromatic N) is 2. The first-order chi connectivity index (χ1) is 14.1. The molecule has 0 unspecified atom stereocenters. The zero-order valence-corrected chi connectivity index (χ0v) is 16.5. The Morgan fingerprint density at radius 1 is 1.17 bits per heavy atom. The van der Waals surface area contributed by atoms with Crippen LogP contribution in [0.2, 0.25) is 0 Å². The molecule has 3 rings (SSSR count). The fourth-order valence-corrected chi connectivity index (χ4v) is 2.94. The lowest BCUT2D eigenvalue weighted by Crippen LogP contribution is -2.20. The Morgan fingerprint density at radius 3 is 2.69 bits per heavy atom. The molecule has 0 aliphatic heterocycles. The van der Waals surface area contributed by atoms with Gasteiger partial charge in [0.1, 0.15) is 12.4 Å². The van der Waals surface area contributed by atoms with Crippen LogP contribution in [0.3, 0.4) is 0 Å². The second kappa shape index (κ2) is 10.1. The SMILES string of the molecule is Cc1csc(NC(=O)COC(=O)/C=C/c2ccc(OCc3ccccn3)cc2)n1. The third-order valence-corrected chi connectivity index (χ3v) is 4.49. The number of aromatic nitrogens is 2. The van der Waals surface area contributed by atoms with Crippen molar-refractivity contribution >= 4 is 34.4 Å². The summed E-state index contributed by atoms with van der Waals surface area (Å²) in [5, 5.41) is 4.87. The van der Waals surface area contributed by atoms with E-state index in [9.17, 15) is 9.59 Å². The van der Waals surface area contributed by atoms with Gasteiger partial charge in [0.25, 0.3) is 5.91 Å². The zero-order chi connectivity index (χ0) is 20.5. The number of carbonyl (C=O) groups is 2. The van der Waals surface area contributed by atoms with Gasteiger partial charge in [-0.15, -0.1) is 11.3 Å². The molecule has 1 amide bonds. The van der Waals surface area contributed by atoms with E-state index in [1.54, 1.807) is 24.4 Å². The molecule has 0 radical (unpaired) electrons. The average Bonchev–Trinajstić information content (AvgIpc) is 3.15. The number of thiazole rings is 1. The van der Waals surface area contributed by atoms with E-state index < -0.39 is 11.9 Å². The van der Waals surface area contributed by atoms with Crippen molar-refractivity contribution in [2.24, 2.45) is 0 Å². The highest BCUT2D eigenvalue weighted by molar-refractivity contribution is 7.13. The second-order valence-electron chi connectivity index (χ2n) is 5.96. The van der Waals surface area contributed by atoms with E-state index in [4.69, 9.17) is 9.47 Å². The molecule has 0 bridgehead atoms. The zero-order valence-electron chi connectivity index (χ0n) is 15.7. The summed E-state index contributed by atoms with van der Waals surface area (Å²) in [4.78, 5) is 31.8. The largest absolute Gasteiger partial charge is 0.487 e. The fraction of sp³-hybridized carbons (Fsp3) is 0.143. The highest BCUT2D eigenvalue weighted by Crippen LogP contribution is 2.15. The lowest BCUT2D eigenvalue weighted by molar-refractivity contribution is -0.142. The quantitative estimate of drug-likeness (QED) is 0.451. The molecule has 2 aromatic heterocycles. The molecule has 3 aromatic rings. The molecule has 0 atom stereocenters. The van der Waals surface area contributed by atoms with Crippen LogP contribution in [0.5, 0.6) is 5.75 Å². The standard InChI is InChI=1S/C21H19N3O4S/c1-15-14-29-21(23-15)24-19(25)13-28-20(26)10-7-16-5-8-18(9-6-16)27-12-17-4-2-3-11-22-17/h2-11,14H,12-13H2,1H3,(H,23,24,25)/b10-7+. The van der Waals surface area contributed by atoms with Crippen molar-refractivity contribution in [3.05, 3.63) is 77.1 Å². The summed E-state index contributed by atoms with van der Waals surface area (Å²) in [7, 11) is 0. The second-order valence-corrected chi connectivity index (χ2v) is 6.82. The van der Waals surface area contributed by atoms with Crippen molar-refractivity contribution < 1.29 is 19.1 Å². The molecular weight excluding hydrogens is 390 g/mol. The van der Waals surface area contributed by atoms with Crippen LogP contribution in [0.4, 0.5) is 5.13 Å². The predicted molar refractivity (Wildman–Crippen MR) is 110 cm³/mol. The molecule has 0 saturated heterocycles. The number of aryl methyl sites for hydroxylation is 1. The summed E-state index contributed by atoms with van der Waals surface area (Å²) in [6, 6.07) is 12.9. The summed E-state index contributed by atoms with van der Waals surface area (Å²) in [5.74, 6) is -0.342. The Kier molecular flexibility index (Phi) is 7.07. The minimum absolute atomic E-state index is 0.373. The number of esters is 1. The van der Waals surface area contributed by atoms with Crippen LogP contribution in [-0.2, 0) is 20.9 Å². The number of rotatable bonds is 8. The van der Waals surface area contributed by atoms with Gasteiger partial charge < -0.3 is 9.47 Å². The number of carbonyl (C=O) groups excluding carboxylic acids is 2. The van der Waals surface area contributed by atoms with Crippen molar-refractivity contribution in [2.75, 3.05) is 11.9 Å². The molecule has 148 valence electrons. The van der Waals surface area contributed by atoms with Crippen LogP contribution in [0, 0.1) is 6.92 Å². The van der Waals surface area contributed by atoms with E-state index in [-0.39, 0.29) is 6.61 Å². The van der Waals surface area contributed by atoms with Gasteiger partial charge in [0.05, 0.1) is 11.4 Å². The number of benzene rings is 1. The summed E-state index contributed by atoms with van der Waals surface area (Å²) < 4.78 is 10.6. The predicted octanol–water partition coefficient (Wildman–Crippen LogP) is 3.62. The number of pyridine rings is 1.